The van der Waals surface area contributed by atoms with Gasteiger partial charge in [0.15, 0.2) is 0 Å². The molecule has 1 atom stereocenters. The van der Waals surface area contributed by atoms with Gasteiger partial charge in [-0.1, -0.05) is 0 Å². The van der Waals surface area contributed by atoms with Crippen LogP contribution in [0.2, 0.25) is 0 Å². The average Bonchev–Trinajstić information content (AvgIpc) is 2.85. The molecular formula is C13H13BrFN3O. The molecule has 0 spiro atoms. The Balaban J connectivity index is 1.98. The third kappa shape index (κ3) is 3.64. The Kier molecular flexibility index (Phi) is 4.31. The van der Waals surface area contributed by atoms with Crippen molar-refractivity contribution >= 4 is 21.8 Å². The Morgan fingerprint density at radius 2 is 2.37 bits per heavy atom. The highest BCUT2D eigenvalue weighted by Gasteiger charge is 2.11. The van der Waals surface area contributed by atoms with Gasteiger partial charge >= 0.3 is 0 Å². The molecule has 1 N–H and O–H groups in total. The molecule has 0 radical (unpaired) electrons. The summed E-state index contributed by atoms with van der Waals surface area (Å²) in [5.41, 5.74) is 0.304. The molecule has 2 rings (SSSR count). The molecule has 1 aromatic carbocycles. The fraction of sp³-hybridized carbons (Fsp3) is 0.231. The lowest BCUT2D eigenvalue weighted by Crippen LogP contribution is -2.35. The van der Waals surface area contributed by atoms with E-state index in [-0.39, 0.29) is 11.9 Å². The minimum atomic E-state index is -0.449. The highest BCUT2D eigenvalue weighted by atomic mass is 79.9. The molecule has 4 nitrogen and oxygen atoms in total. The molecule has 0 bridgehead atoms. The molecule has 0 aliphatic heterocycles. The molecule has 1 heterocycles. The fourth-order valence-corrected chi connectivity index (χ4v) is 1.95. The molecule has 6 heteroatoms. The summed E-state index contributed by atoms with van der Waals surface area (Å²) < 4.78 is 15.6. The first kappa shape index (κ1) is 13.7. The van der Waals surface area contributed by atoms with E-state index in [0.29, 0.717) is 16.6 Å². The van der Waals surface area contributed by atoms with Crippen molar-refractivity contribution in [3.8, 4) is 0 Å². The summed E-state index contributed by atoms with van der Waals surface area (Å²) in [6.45, 7) is 2.50. The zero-order valence-corrected chi connectivity index (χ0v) is 11.9. The van der Waals surface area contributed by atoms with Gasteiger partial charge in [0.2, 0.25) is 0 Å². The van der Waals surface area contributed by atoms with Gasteiger partial charge in [0.05, 0.1) is 10.8 Å². The van der Waals surface area contributed by atoms with Gasteiger partial charge in [-0.05, 0) is 41.1 Å². The van der Waals surface area contributed by atoms with Crippen molar-refractivity contribution in [3.05, 3.63) is 52.8 Å². The van der Waals surface area contributed by atoms with Gasteiger partial charge in [-0.25, -0.2) is 9.37 Å². The van der Waals surface area contributed by atoms with Crippen LogP contribution < -0.4 is 5.32 Å². The SMILES string of the molecule is CC(Cn1ccnc1)NC(=O)c1ccc(Br)c(F)c1. The number of carbonyl (C=O) groups is 1. The molecule has 19 heavy (non-hydrogen) atoms. The summed E-state index contributed by atoms with van der Waals surface area (Å²) in [6.07, 6.45) is 5.18. The minimum absolute atomic E-state index is 0.0755. The zero-order valence-electron chi connectivity index (χ0n) is 10.3. The van der Waals surface area contributed by atoms with Crippen LogP contribution in [0.4, 0.5) is 4.39 Å². The quantitative estimate of drug-likeness (QED) is 0.939. The first-order chi connectivity index (χ1) is 9.06. The van der Waals surface area contributed by atoms with E-state index < -0.39 is 5.82 Å². The van der Waals surface area contributed by atoms with E-state index in [4.69, 9.17) is 0 Å². The van der Waals surface area contributed by atoms with Crippen molar-refractivity contribution in [2.45, 2.75) is 19.5 Å². The van der Waals surface area contributed by atoms with E-state index in [2.05, 4.69) is 26.2 Å². The smallest absolute Gasteiger partial charge is 0.251 e. The van der Waals surface area contributed by atoms with Crippen LogP contribution >= 0.6 is 15.9 Å². The normalized spacial score (nSPS) is 12.2. The predicted molar refractivity (Wildman–Crippen MR) is 73.3 cm³/mol. The molecule has 100 valence electrons. The minimum Gasteiger partial charge on any atom is -0.348 e. The average molecular weight is 326 g/mol. The summed E-state index contributed by atoms with van der Waals surface area (Å²) >= 11 is 3.05. The Morgan fingerprint density at radius 1 is 1.58 bits per heavy atom. The number of imidazole rings is 1. The second-order valence-corrected chi connectivity index (χ2v) is 5.12. The molecule has 1 unspecified atom stereocenters. The lowest BCUT2D eigenvalue weighted by Gasteiger charge is -2.14. The maximum atomic E-state index is 13.3. The molecule has 1 amide bonds. The first-order valence-electron chi connectivity index (χ1n) is 5.78. The molecule has 2 aromatic rings. The standard InChI is InChI=1S/C13H13BrFN3O/c1-9(7-18-5-4-16-8-18)17-13(19)10-2-3-11(14)12(15)6-10/h2-6,8-9H,7H2,1H3,(H,17,19). The van der Waals surface area contributed by atoms with Crippen molar-refractivity contribution < 1.29 is 9.18 Å². The Labute approximate surface area is 118 Å². The fourth-order valence-electron chi connectivity index (χ4n) is 1.70. The number of rotatable bonds is 4. The number of benzene rings is 1. The number of carbonyl (C=O) groups excluding carboxylic acids is 1. The summed E-state index contributed by atoms with van der Waals surface area (Å²) in [6, 6.07) is 4.23. The zero-order chi connectivity index (χ0) is 13.8. The van der Waals surface area contributed by atoms with E-state index in [0.717, 1.165) is 0 Å². The molecule has 0 saturated heterocycles. The maximum absolute atomic E-state index is 13.3. The van der Waals surface area contributed by atoms with Gasteiger partial charge < -0.3 is 9.88 Å². The number of nitrogens with one attached hydrogen (secondary N) is 1. The molecule has 0 aliphatic carbocycles. The number of nitrogens with zero attached hydrogens (tertiary/aromatic N) is 2. The van der Waals surface area contributed by atoms with Crippen molar-refractivity contribution in [2.75, 3.05) is 0 Å². The van der Waals surface area contributed by atoms with Crippen molar-refractivity contribution in [1.82, 2.24) is 14.9 Å². The van der Waals surface area contributed by atoms with E-state index in [1.165, 1.54) is 12.1 Å². The molecule has 0 saturated carbocycles. The number of halogens is 2. The van der Waals surface area contributed by atoms with E-state index in [1.54, 1.807) is 18.6 Å². The third-order valence-electron chi connectivity index (χ3n) is 2.60. The highest BCUT2D eigenvalue weighted by Crippen LogP contribution is 2.16. The largest absolute Gasteiger partial charge is 0.348 e. The van der Waals surface area contributed by atoms with Crippen molar-refractivity contribution in [2.24, 2.45) is 0 Å². The second-order valence-electron chi connectivity index (χ2n) is 4.26. The summed E-state index contributed by atoms with van der Waals surface area (Å²) in [7, 11) is 0. The topological polar surface area (TPSA) is 46.9 Å². The molecule has 0 aliphatic rings. The number of aromatic nitrogens is 2. The summed E-state index contributed by atoms with van der Waals surface area (Å²) in [4.78, 5) is 15.9. The van der Waals surface area contributed by atoms with Gasteiger partial charge in [-0.3, -0.25) is 4.79 Å². The predicted octanol–water partition coefficient (Wildman–Crippen LogP) is 2.60. The lowest BCUT2D eigenvalue weighted by molar-refractivity contribution is 0.0936. The van der Waals surface area contributed by atoms with Crippen molar-refractivity contribution in [1.29, 1.82) is 0 Å². The summed E-state index contributed by atoms with van der Waals surface area (Å²) in [5.74, 6) is -0.742. The van der Waals surface area contributed by atoms with Gasteiger partial charge in [-0.15, -0.1) is 0 Å². The van der Waals surface area contributed by atoms with Crippen LogP contribution in [0, 0.1) is 5.82 Å². The maximum Gasteiger partial charge on any atom is 0.251 e. The molecular weight excluding hydrogens is 313 g/mol. The number of hydrogen-bond acceptors (Lipinski definition) is 2. The summed E-state index contributed by atoms with van der Waals surface area (Å²) in [5, 5.41) is 2.81. The van der Waals surface area contributed by atoms with E-state index >= 15 is 0 Å². The monoisotopic (exact) mass is 325 g/mol. The van der Waals surface area contributed by atoms with E-state index in [9.17, 15) is 9.18 Å². The Morgan fingerprint density at radius 3 is 3.00 bits per heavy atom. The van der Waals surface area contributed by atoms with Crippen LogP contribution in [0.15, 0.2) is 41.4 Å². The molecule has 1 aromatic heterocycles. The van der Waals surface area contributed by atoms with Crippen molar-refractivity contribution in [3.63, 3.8) is 0 Å². The van der Waals surface area contributed by atoms with E-state index in [1.807, 2.05) is 17.7 Å². The van der Waals surface area contributed by atoms with Crippen LogP contribution in [0.5, 0.6) is 0 Å². The number of amides is 1. The second kappa shape index (κ2) is 5.97. The van der Waals surface area contributed by atoms with Crippen LogP contribution in [-0.4, -0.2) is 21.5 Å². The first-order valence-corrected chi connectivity index (χ1v) is 6.57. The highest BCUT2D eigenvalue weighted by molar-refractivity contribution is 9.10. The van der Waals surface area contributed by atoms with Crippen LogP contribution in [0.25, 0.3) is 0 Å². The molecule has 0 fully saturated rings. The Bertz CT molecular complexity index is 571. The van der Waals surface area contributed by atoms with Crippen LogP contribution in [-0.2, 0) is 6.54 Å². The van der Waals surface area contributed by atoms with Crippen LogP contribution in [0.1, 0.15) is 17.3 Å². The van der Waals surface area contributed by atoms with Crippen LogP contribution in [0.3, 0.4) is 0 Å². The lowest BCUT2D eigenvalue weighted by atomic mass is 10.2. The number of hydrogen-bond donors (Lipinski definition) is 1. The van der Waals surface area contributed by atoms with Gasteiger partial charge in [0.1, 0.15) is 5.82 Å². The van der Waals surface area contributed by atoms with Gasteiger partial charge in [0, 0.05) is 30.5 Å². The third-order valence-corrected chi connectivity index (χ3v) is 3.25. The van der Waals surface area contributed by atoms with Gasteiger partial charge in [0.25, 0.3) is 5.91 Å². The Hall–Kier alpha value is -1.69. The van der Waals surface area contributed by atoms with Gasteiger partial charge in [-0.2, -0.15) is 0 Å².